The van der Waals surface area contributed by atoms with Crippen LogP contribution in [0.4, 0.5) is 18.9 Å². The molecule has 0 saturated heterocycles. The van der Waals surface area contributed by atoms with Gasteiger partial charge in [-0.2, -0.15) is 18.2 Å². The number of halogens is 3. The molecule has 2 bridgehead atoms. The fraction of sp³-hybridized carbons (Fsp3) is 0.667. The second-order valence-electron chi connectivity index (χ2n) is 11.8. The third-order valence-electron chi connectivity index (χ3n) is 9.41. The Kier molecular flexibility index (Phi) is 5.64. The average Bonchev–Trinajstić information content (AvgIpc) is 3.61. The summed E-state index contributed by atoms with van der Waals surface area (Å²) in [5, 5.41) is 14.2. The van der Waals surface area contributed by atoms with Crippen LogP contribution in [-0.2, 0) is 10.2 Å². The van der Waals surface area contributed by atoms with E-state index in [9.17, 15) is 23.1 Å². The quantitative estimate of drug-likeness (QED) is 0.535. The average molecular weight is 520 g/mol. The summed E-state index contributed by atoms with van der Waals surface area (Å²) in [6.45, 7) is 0.424. The predicted octanol–water partition coefficient (Wildman–Crippen LogP) is 5.28. The summed E-state index contributed by atoms with van der Waals surface area (Å²) in [6.07, 6.45) is 1.56. The Labute approximate surface area is 213 Å². The summed E-state index contributed by atoms with van der Waals surface area (Å²) in [5.74, 6) is 1.32. The van der Waals surface area contributed by atoms with Crippen molar-refractivity contribution < 1.29 is 32.3 Å². The summed E-state index contributed by atoms with van der Waals surface area (Å²) in [4.78, 5) is 20.0. The fourth-order valence-electron chi connectivity index (χ4n) is 6.57. The molecule has 5 saturated carbocycles. The van der Waals surface area contributed by atoms with Crippen molar-refractivity contribution >= 4 is 11.6 Å². The van der Waals surface area contributed by atoms with E-state index in [1.54, 1.807) is 29.2 Å². The molecule has 7 rings (SSSR count). The lowest BCUT2D eigenvalue weighted by molar-refractivity contribution is -0.295. The number of carbonyl (C=O) groups is 1. The van der Waals surface area contributed by atoms with E-state index in [2.05, 4.69) is 5.16 Å². The van der Waals surface area contributed by atoms with Crippen LogP contribution in [0.1, 0.15) is 81.8 Å². The van der Waals surface area contributed by atoms with E-state index in [1.807, 2.05) is 0 Å². The van der Waals surface area contributed by atoms with Gasteiger partial charge in [0.15, 0.2) is 11.4 Å². The first-order valence-electron chi connectivity index (χ1n) is 13.1. The van der Waals surface area contributed by atoms with Crippen molar-refractivity contribution in [1.29, 1.82) is 0 Å². The van der Waals surface area contributed by atoms with Crippen LogP contribution < -0.4 is 9.64 Å². The number of rotatable bonds is 7. The molecular weight excluding hydrogens is 487 g/mol. The SMILES string of the molecule is COc1cccc(N(CC23CCC(c4nc(C5CC5)no4)(CC2)CC3)C(=O)C2CC(O)(C(F)(F)F)C2)c1. The highest BCUT2D eigenvalue weighted by molar-refractivity contribution is 5.96. The second-order valence-corrected chi connectivity index (χ2v) is 11.8. The van der Waals surface area contributed by atoms with E-state index in [0.717, 1.165) is 63.1 Å². The molecule has 0 unspecified atom stereocenters. The van der Waals surface area contributed by atoms with Crippen molar-refractivity contribution in [2.75, 3.05) is 18.6 Å². The first-order valence-corrected chi connectivity index (χ1v) is 13.1. The zero-order chi connectivity index (χ0) is 26.1. The molecule has 5 fully saturated rings. The van der Waals surface area contributed by atoms with Crippen LogP contribution in [-0.4, -0.2) is 46.6 Å². The van der Waals surface area contributed by atoms with E-state index in [0.29, 0.717) is 23.9 Å². The first-order chi connectivity index (χ1) is 17.6. The number of amides is 1. The maximum Gasteiger partial charge on any atom is 0.417 e. The molecule has 0 atom stereocenters. The van der Waals surface area contributed by atoms with Crippen molar-refractivity contribution in [3.05, 3.63) is 36.0 Å². The Morgan fingerprint density at radius 1 is 1.16 bits per heavy atom. The van der Waals surface area contributed by atoms with Gasteiger partial charge in [-0.15, -0.1) is 0 Å². The van der Waals surface area contributed by atoms with Crippen LogP contribution in [0.25, 0.3) is 0 Å². The van der Waals surface area contributed by atoms with Crippen molar-refractivity contribution in [1.82, 2.24) is 10.1 Å². The Hall–Kier alpha value is -2.62. The minimum atomic E-state index is -4.74. The maximum atomic E-state index is 13.6. The van der Waals surface area contributed by atoms with Crippen molar-refractivity contribution in [2.24, 2.45) is 11.3 Å². The molecule has 0 radical (unpaired) electrons. The van der Waals surface area contributed by atoms with Crippen LogP contribution >= 0.6 is 0 Å². The van der Waals surface area contributed by atoms with E-state index in [1.165, 1.54) is 7.11 Å². The highest BCUT2D eigenvalue weighted by Gasteiger charge is 2.63. The maximum absolute atomic E-state index is 13.6. The van der Waals surface area contributed by atoms with Gasteiger partial charge in [-0.05, 0) is 81.8 Å². The van der Waals surface area contributed by atoms with Crippen molar-refractivity contribution in [3.8, 4) is 5.75 Å². The minimum absolute atomic E-state index is 0.121. The summed E-state index contributed by atoms with van der Waals surface area (Å²) in [5.41, 5.74) is -2.44. The zero-order valence-electron chi connectivity index (χ0n) is 20.9. The predicted molar refractivity (Wildman–Crippen MR) is 127 cm³/mol. The van der Waals surface area contributed by atoms with Crippen molar-refractivity contribution in [3.63, 3.8) is 0 Å². The number of ether oxygens (including phenoxy) is 1. The normalized spacial score (nSPS) is 33.2. The molecule has 5 aliphatic rings. The molecule has 5 aliphatic carbocycles. The van der Waals surface area contributed by atoms with E-state index < -0.39 is 30.5 Å². The minimum Gasteiger partial charge on any atom is -0.497 e. The molecule has 1 amide bonds. The number of aromatic nitrogens is 2. The number of alkyl halides is 3. The van der Waals surface area contributed by atoms with E-state index in [-0.39, 0.29) is 16.7 Å². The lowest BCUT2D eigenvalue weighted by atomic mass is 9.53. The summed E-state index contributed by atoms with van der Waals surface area (Å²) in [6, 6.07) is 7.08. The van der Waals surface area contributed by atoms with Gasteiger partial charge in [-0.25, -0.2) is 0 Å². The Morgan fingerprint density at radius 2 is 1.84 bits per heavy atom. The molecule has 7 nitrogen and oxygen atoms in total. The largest absolute Gasteiger partial charge is 0.497 e. The second kappa shape index (κ2) is 8.44. The van der Waals surface area contributed by atoms with Gasteiger partial charge in [0.05, 0.1) is 7.11 Å². The van der Waals surface area contributed by atoms with Gasteiger partial charge in [0.2, 0.25) is 11.8 Å². The Balaban J connectivity index is 1.21. The molecule has 200 valence electrons. The molecule has 0 spiro atoms. The van der Waals surface area contributed by atoms with Gasteiger partial charge < -0.3 is 19.3 Å². The topological polar surface area (TPSA) is 88.7 Å². The molecule has 1 heterocycles. The number of carbonyl (C=O) groups excluding carboxylic acids is 1. The molecule has 2 aromatic rings. The lowest BCUT2D eigenvalue weighted by Gasteiger charge is -2.53. The van der Waals surface area contributed by atoms with Crippen LogP contribution in [0.15, 0.2) is 28.8 Å². The molecular formula is C27H32F3N3O4. The summed E-state index contributed by atoms with van der Waals surface area (Å²) in [7, 11) is 1.54. The van der Waals surface area contributed by atoms with Gasteiger partial charge in [0.1, 0.15) is 5.75 Å². The van der Waals surface area contributed by atoms with Crippen LogP contribution in [0, 0.1) is 11.3 Å². The van der Waals surface area contributed by atoms with Gasteiger partial charge in [-0.1, -0.05) is 11.2 Å². The number of methoxy groups -OCH3 is 1. The van der Waals surface area contributed by atoms with Crippen LogP contribution in [0.3, 0.4) is 0 Å². The molecule has 0 aliphatic heterocycles. The molecule has 1 aromatic carbocycles. The highest BCUT2D eigenvalue weighted by atomic mass is 19.4. The smallest absolute Gasteiger partial charge is 0.417 e. The summed E-state index contributed by atoms with van der Waals surface area (Å²) >= 11 is 0. The van der Waals surface area contributed by atoms with Crippen LogP contribution in [0.5, 0.6) is 5.75 Å². The zero-order valence-corrected chi connectivity index (χ0v) is 20.9. The monoisotopic (exact) mass is 519 g/mol. The number of nitrogens with zero attached hydrogens (tertiary/aromatic N) is 3. The van der Waals surface area contributed by atoms with Crippen LogP contribution in [0.2, 0.25) is 0 Å². The van der Waals surface area contributed by atoms with Gasteiger partial charge >= 0.3 is 6.18 Å². The highest BCUT2D eigenvalue weighted by Crippen LogP contribution is 2.58. The summed E-state index contributed by atoms with van der Waals surface area (Å²) < 4.78 is 50.8. The molecule has 10 heteroatoms. The van der Waals surface area contributed by atoms with Gasteiger partial charge in [-0.3, -0.25) is 4.79 Å². The van der Waals surface area contributed by atoms with Gasteiger partial charge in [0.25, 0.3) is 0 Å². The van der Waals surface area contributed by atoms with Gasteiger partial charge in [0, 0.05) is 35.5 Å². The van der Waals surface area contributed by atoms with E-state index >= 15 is 0 Å². The van der Waals surface area contributed by atoms with E-state index in [4.69, 9.17) is 14.2 Å². The Bertz CT molecular complexity index is 1160. The number of hydrogen-bond acceptors (Lipinski definition) is 6. The van der Waals surface area contributed by atoms with Crippen molar-refractivity contribution in [2.45, 2.75) is 87.3 Å². The number of anilines is 1. The lowest BCUT2D eigenvalue weighted by Crippen LogP contribution is -2.60. The molecule has 1 aromatic heterocycles. The molecule has 1 N–H and O–H groups in total. The third kappa shape index (κ3) is 4.21. The number of aliphatic hydroxyl groups is 1. The number of fused-ring (bicyclic) bond motifs is 3. The number of benzene rings is 1. The molecule has 37 heavy (non-hydrogen) atoms. The standard InChI is InChI=1S/C27H32F3N3O4/c1-36-20-4-2-3-19(13-20)33(22(34)18-14-26(35,15-18)27(28,29)30)16-24-7-10-25(11-8-24,12-9-24)23-31-21(32-37-23)17-5-6-17/h2-4,13,17-18,35H,5-12,14-16H2,1H3. The Morgan fingerprint density at radius 3 is 2.43 bits per heavy atom. The first kappa shape index (κ1) is 24.7. The number of hydrogen-bond donors (Lipinski definition) is 1. The fourth-order valence-corrected chi connectivity index (χ4v) is 6.57. The third-order valence-corrected chi connectivity index (χ3v) is 9.41.